The van der Waals surface area contributed by atoms with Gasteiger partial charge in [0.1, 0.15) is 11.6 Å². The van der Waals surface area contributed by atoms with Crippen molar-refractivity contribution in [3.8, 4) is 0 Å². The lowest BCUT2D eigenvalue weighted by Crippen LogP contribution is -2.11. The van der Waals surface area contributed by atoms with Crippen LogP contribution in [-0.2, 0) is 11.2 Å². The van der Waals surface area contributed by atoms with E-state index in [9.17, 15) is 8.78 Å². The lowest BCUT2D eigenvalue weighted by Gasteiger charge is -2.08. The van der Waals surface area contributed by atoms with Gasteiger partial charge in [0.15, 0.2) is 5.90 Å². The van der Waals surface area contributed by atoms with Gasteiger partial charge in [-0.05, 0) is 19.1 Å². The molecule has 2 nitrogen and oxygen atoms in total. The topological polar surface area (TPSA) is 21.6 Å². The van der Waals surface area contributed by atoms with Gasteiger partial charge in [-0.25, -0.2) is 8.78 Å². The molecule has 82 valence electrons. The summed E-state index contributed by atoms with van der Waals surface area (Å²) in [4.78, 5) is 3.82. The minimum absolute atomic E-state index is 0.00782. The van der Waals surface area contributed by atoms with Crippen LogP contribution in [-0.4, -0.2) is 19.6 Å². The van der Waals surface area contributed by atoms with Crippen LogP contribution >= 0.6 is 0 Å². The summed E-state index contributed by atoms with van der Waals surface area (Å²) in [7, 11) is 1.53. The summed E-state index contributed by atoms with van der Waals surface area (Å²) < 4.78 is 31.6. The van der Waals surface area contributed by atoms with E-state index in [2.05, 4.69) is 4.99 Å². The van der Waals surface area contributed by atoms with E-state index in [1.807, 2.05) is 0 Å². The molecule has 1 aromatic rings. The molecular weight excluding hydrogens is 200 g/mol. The van der Waals surface area contributed by atoms with Gasteiger partial charge in [-0.3, -0.25) is 4.99 Å². The normalized spacial score (nSPS) is 11.6. The number of benzene rings is 1. The third-order valence-electron chi connectivity index (χ3n) is 1.95. The van der Waals surface area contributed by atoms with Crippen molar-refractivity contribution in [1.82, 2.24) is 0 Å². The van der Waals surface area contributed by atoms with Crippen LogP contribution < -0.4 is 0 Å². The molecule has 0 heterocycles. The Morgan fingerprint density at radius 3 is 2.40 bits per heavy atom. The van der Waals surface area contributed by atoms with Crippen molar-refractivity contribution in [2.24, 2.45) is 4.99 Å². The first kappa shape index (κ1) is 11.6. The monoisotopic (exact) mass is 213 g/mol. The number of hydrogen-bond acceptors (Lipinski definition) is 2. The summed E-state index contributed by atoms with van der Waals surface area (Å²) in [5, 5.41) is 0. The summed E-state index contributed by atoms with van der Waals surface area (Å²) in [6.07, 6.45) is 0.0445. The van der Waals surface area contributed by atoms with Gasteiger partial charge in [0.25, 0.3) is 0 Å². The number of nitrogens with zero attached hydrogens (tertiary/aromatic N) is 1. The predicted octanol–water partition coefficient (Wildman–Crippen LogP) is 2.57. The molecule has 0 amide bonds. The number of aliphatic imine (C=N–C) groups is 1. The van der Waals surface area contributed by atoms with Gasteiger partial charge in [-0.2, -0.15) is 0 Å². The molecular formula is C11H13F2NO. The van der Waals surface area contributed by atoms with Crippen LogP contribution in [0.1, 0.15) is 12.5 Å². The van der Waals surface area contributed by atoms with Gasteiger partial charge in [0, 0.05) is 12.6 Å². The van der Waals surface area contributed by atoms with Crippen molar-refractivity contribution in [3.05, 3.63) is 35.4 Å². The van der Waals surface area contributed by atoms with Crippen molar-refractivity contribution in [2.45, 2.75) is 13.3 Å². The largest absolute Gasteiger partial charge is 0.481 e. The first-order chi connectivity index (χ1) is 7.19. The number of ether oxygens (including phenoxy) is 1. The molecule has 0 saturated heterocycles. The highest BCUT2D eigenvalue weighted by Gasteiger charge is 2.11. The Morgan fingerprint density at radius 2 is 1.93 bits per heavy atom. The average Bonchev–Trinajstić information content (AvgIpc) is 2.22. The van der Waals surface area contributed by atoms with E-state index in [0.29, 0.717) is 12.5 Å². The Hall–Kier alpha value is -1.45. The van der Waals surface area contributed by atoms with Crippen LogP contribution in [0.4, 0.5) is 8.78 Å². The molecule has 0 bridgehead atoms. The molecule has 0 unspecified atom stereocenters. The summed E-state index contributed by atoms with van der Waals surface area (Å²) in [6.45, 7) is 2.23. The van der Waals surface area contributed by atoms with Crippen LogP contribution in [0.5, 0.6) is 0 Å². The fraction of sp³-hybridized carbons (Fsp3) is 0.364. The van der Waals surface area contributed by atoms with Crippen molar-refractivity contribution in [1.29, 1.82) is 0 Å². The first-order valence-electron chi connectivity index (χ1n) is 4.70. The Balaban J connectivity index is 2.88. The second kappa shape index (κ2) is 5.44. The summed E-state index contributed by atoms with van der Waals surface area (Å²) in [6, 6.07) is 3.77. The van der Waals surface area contributed by atoms with Crippen molar-refractivity contribution in [3.63, 3.8) is 0 Å². The fourth-order valence-corrected chi connectivity index (χ4v) is 1.21. The Morgan fingerprint density at radius 1 is 1.33 bits per heavy atom. The van der Waals surface area contributed by atoms with Gasteiger partial charge in [0.2, 0.25) is 0 Å². The number of halogens is 2. The number of hydrogen-bond donors (Lipinski definition) is 0. The second-order valence-electron chi connectivity index (χ2n) is 2.93. The van der Waals surface area contributed by atoms with Gasteiger partial charge in [-0.1, -0.05) is 6.07 Å². The predicted molar refractivity (Wildman–Crippen MR) is 55.0 cm³/mol. The molecule has 0 fully saturated rings. The quantitative estimate of drug-likeness (QED) is 0.558. The molecule has 0 N–H and O–H groups in total. The molecule has 0 aliphatic heterocycles. The zero-order valence-corrected chi connectivity index (χ0v) is 8.76. The minimum Gasteiger partial charge on any atom is -0.481 e. The van der Waals surface area contributed by atoms with Crippen LogP contribution in [0.3, 0.4) is 0 Å². The lowest BCUT2D eigenvalue weighted by atomic mass is 10.1. The highest BCUT2D eigenvalue weighted by atomic mass is 19.1. The van der Waals surface area contributed by atoms with E-state index < -0.39 is 11.6 Å². The van der Waals surface area contributed by atoms with E-state index >= 15 is 0 Å². The van der Waals surface area contributed by atoms with Crippen molar-refractivity contribution < 1.29 is 13.5 Å². The minimum atomic E-state index is -0.573. The van der Waals surface area contributed by atoms with Crippen LogP contribution in [0.15, 0.2) is 23.2 Å². The molecule has 1 rings (SSSR count). The molecule has 1 aromatic carbocycles. The zero-order valence-electron chi connectivity index (χ0n) is 8.76. The van der Waals surface area contributed by atoms with Crippen LogP contribution in [0, 0.1) is 11.6 Å². The van der Waals surface area contributed by atoms with Crippen LogP contribution in [0.2, 0.25) is 0 Å². The molecule has 4 heteroatoms. The van der Waals surface area contributed by atoms with Crippen molar-refractivity contribution in [2.75, 3.05) is 13.7 Å². The Kier molecular flexibility index (Phi) is 4.21. The summed E-state index contributed by atoms with van der Waals surface area (Å²) in [5.41, 5.74) is -0.00782. The van der Waals surface area contributed by atoms with E-state index in [1.54, 1.807) is 6.92 Å². The highest BCUT2D eigenvalue weighted by molar-refractivity contribution is 5.78. The maximum atomic E-state index is 13.2. The van der Waals surface area contributed by atoms with Gasteiger partial charge < -0.3 is 4.74 Å². The lowest BCUT2D eigenvalue weighted by molar-refractivity contribution is 0.318. The van der Waals surface area contributed by atoms with E-state index in [0.717, 1.165) is 0 Å². The second-order valence-corrected chi connectivity index (χ2v) is 2.93. The maximum Gasteiger partial charge on any atom is 0.187 e. The first-order valence-corrected chi connectivity index (χ1v) is 4.70. The number of rotatable bonds is 3. The Labute approximate surface area is 87.6 Å². The maximum absolute atomic E-state index is 13.2. The van der Waals surface area contributed by atoms with Gasteiger partial charge in [0.05, 0.1) is 13.0 Å². The van der Waals surface area contributed by atoms with E-state index in [4.69, 9.17) is 4.74 Å². The van der Waals surface area contributed by atoms with E-state index in [1.165, 1.54) is 25.2 Å². The molecule has 0 aliphatic rings. The summed E-state index contributed by atoms with van der Waals surface area (Å²) >= 11 is 0. The summed E-state index contributed by atoms with van der Waals surface area (Å²) in [5.74, 6) is -0.812. The van der Waals surface area contributed by atoms with Gasteiger partial charge in [-0.15, -0.1) is 0 Å². The molecule has 0 radical (unpaired) electrons. The standard InChI is InChI=1S/C11H13F2NO/c1-3-15-11(14-2)7-8-9(12)5-4-6-10(8)13/h4-6H,3,7H2,1-2H3/b14-11+. The van der Waals surface area contributed by atoms with E-state index in [-0.39, 0.29) is 12.0 Å². The smallest absolute Gasteiger partial charge is 0.187 e. The Bertz CT molecular complexity index is 343. The zero-order chi connectivity index (χ0) is 11.3. The van der Waals surface area contributed by atoms with Crippen LogP contribution in [0.25, 0.3) is 0 Å². The third kappa shape index (κ3) is 3.01. The highest BCUT2D eigenvalue weighted by Crippen LogP contribution is 2.13. The average molecular weight is 213 g/mol. The molecule has 0 atom stereocenters. The molecule has 0 spiro atoms. The fourth-order valence-electron chi connectivity index (χ4n) is 1.21. The van der Waals surface area contributed by atoms with Crippen molar-refractivity contribution >= 4 is 5.90 Å². The molecule has 0 aliphatic carbocycles. The molecule has 0 saturated carbocycles. The molecule has 15 heavy (non-hydrogen) atoms. The SMILES string of the molecule is CCO/C(Cc1c(F)cccc1F)=N/C. The molecule has 0 aromatic heterocycles. The third-order valence-corrected chi connectivity index (χ3v) is 1.95. The van der Waals surface area contributed by atoms with Gasteiger partial charge >= 0.3 is 0 Å².